The predicted molar refractivity (Wildman–Crippen MR) is 75.7 cm³/mol. The summed E-state index contributed by atoms with van der Waals surface area (Å²) in [6, 6.07) is 5.56. The standard InChI is InChI=1S/C14H17Cl2NO/c15-12-6-4-10(9-13(12)16)14(18)7-5-11-3-1-2-8-17-11/h4,6,9,11,17H,1-3,5,7-8H2. The van der Waals surface area contributed by atoms with E-state index in [-0.39, 0.29) is 5.78 Å². The second kappa shape index (κ2) is 6.55. The van der Waals surface area contributed by atoms with Crippen LogP contribution in [0.5, 0.6) is 0 Å². The van der Waals surface area contributed by atoms with E-state index in [2.05, 4.69) is 5.32 Å². The highest BCUT2D eigenvalue weighted by molar-refractivity contribution is 6.42. The number of benzene rings is 1. The van der Waals surface area contributed by atoms with Crippen LogP contribution in [-0.2, 0) is 0 Å². The fourth-order valence-corrected chi connectivity index (χ4v) is 2.59. The van der Waals surface area contributed by atoms with Crippen LogP contribution in [0.4, 0.5) is 0 Å². The Kier molecular flexibility index (Phi) is 5.04. The van der Waals surface area contributed by atoms with Crippen molar-refractivity contribution < 1.29 is 4.79 Å². The highest BCUT2D eigenvalue weighted by Gasteiger charge is 2.15. The molecule has 1 fully saturated rings. The van der Waals surface area contributed by atoms with Gasteiger partial charge in [0.1, 0.15) is 0 Å². The van der Waals surface area contributed by atoms with E-state index in [0.717, 1.165) is 13.0 Å². The number of hydrogen-bond donors (Lipinski definition) is 1. The lowest BCUT2D eigenvalue weighted by atomic mass is 9.97. The van der Waals surface area contributed by atoms with Crippen molar-refractivity contribution in [3.05, 3.63) is 33.8 Å². The van der Waals surface area contributed by atoms with Gasteiger partial charge >= 0.3 is 0 Å². The van der Waals surface area contributed by atoms with Crippen LogP contribution >= 0.6 is 23.2 Å². The molecule has 0 aliphatic carbocycles. The molecule has 1 aliphatic heterocycles. The van der Waals surface area contributed by atoms with Crippen LogP contribution in [0, 0.1) is 0 Å². The SMILES string of the molecule is O=C(CCC1CCCCN1)c1ccc(Cl)c(Cl)c1. The van der Waals surface area contributed by atoms with E-state index in [4.69, 9.17) is 23.2 Å². The lowest BCUT2D eigenvalue weighted by Crippen LogP contribution is -2.34. The van der Waals surface area contributed by atoms with Crippen LogP contribution in [0.3, 0.4) is 0 Å². The molecule has 0 radical (unpaired) electrons. The highest BCUT2D eigenvalue weighted by Crippen LogP contribution is 2.23. The molecule has 2 nitrogen and oxygen atoms in total. The third-order valence-electron chi connectivity index (χ3n) is 3.37. The summed E-state index contributed by atoms with van der Waals surface area (Å²) in [7, 11) is 0. The van der Waals surface area contributed by atoms with Gasteiger partial charge in [0.05, 0.1) is 10.0 Å². The fourth-order valence-electron chi connectivity index (χ4n) is 2.29. The van der Waals surface area contributed by atoms with E-state index in [1.54, 1.807) is 18.2 Å². The van der Waals surface area contributed by atoms with Crippen molar-refractivity contribution in [1.29, 1.82) is 0 Å². The molecule has 98 valence electrons. The van der Waals surface area contributed by atoms with Crippen molar-refractivity contribution in [2.75, 3.05) is 6.54 Å². The number of hydrogen-bond acceptors (Lipinski definition) is 2. The smallest absolute Gasteiger partial charge is 0.162 e. The molecule has 4 heteroatoms. The van der Waals surface area contributed by atoms with Crippen LogP contribution in [-0.4, -0.2) is 18.4 Å². The minimum absolute atomic E-state index is 0.140. The van der Waals surface area contributed by atoms with E-state index < -0.39 is 0 Å². The summed E-state index contributed by atoms with van der Waals surface area (Å²) in [5.74, 6) is 0.140. The number of carbonyl (C=O) groups is 1. The third-order valence-corrected chi connectivity index (χ3v) is 4.11. The molecule has 1 aliphatic rings. The number of rotatable bonds is 4. The second-order valence-electron chi connectivity index (χ2n) is 4.74. The van der Waals surface area contributed by atoms with E-state index in [1.807, 2.05) is 0 Å². The van der Waals surface area contributed by atoms with Gasteiger partial charge in [0.15, 0.2) is 5.78 Å². The molecule has 1 aromatic carbocycles. The predicted octanol–water partition coefficient (Wildman–Crippen LogP) is 4.10. The second-order valence-corrected chi connectivity index (χ2v) is 5.55. The third kappa shape index (κ3) is 3.71. The van der Waals surface area contributed by atoms with Gasteiger partial charge < -0.3 is 5.32 Å². The van der Waals surface area contributed by atoms with Crippen molar-refractivity contribution in [2.24, 2.45) is 0 Å². The Balaban J connectivity index is 1.88. The van der Waals surface area contributed by atoms with E-state index in [1.165, 1.54) is 19.3 Å². The van der Waals surface area contributed by atoms with Gasteiger partial charge in [0.25, 0.3) is 0 Å². The molecule has 1 saturated heterocycles. The lowest BCUT2D eigenvalue weighted by Gasteiger charge is -2.22. The molecule has 1 aromatic rings. The maximum atomic E-state index is 12.0. The summed E-state index contributed by atoms with van der Waals surface area (Å²) < 4.78 is 0. The Morgan fingerprint density at radius 3 is 2.78 bits per heavy atom. The largest absolute Gasteiger partial charge is 0.314 e. The molecular formula is C14H17Cl2NO. The van der Waals surface area contributed by atoms with Gasteiger partial charge in [0.2, 0.25) is 0 Å². The van der Waals surface area contributed by atoms with E-state index >= 15 is 0 Å². The van der Waals surface area contributed by atoms with Crippen molar-refractivity contribution in [3.8, 4) is 0 Å². The molecule has 1 N–H and O–H groups in total. The zero-order valence-electron chi connectivity index (χ0n) is 10.2. The molecule has 0 aromatic heterocycles. The van der Waals surface area contributed by atoms with Gasteiger partial charge in [-0.1, -0.05) is 29.6 Å². The number of halogens is 2. The Labute approximate surface area is 118 Å². The van der Waals surface area contributed by atoms with Crippen LogP contribution in [0.15, 0.2) is 18.2 Å². The molecule has 18 heavy (non-hydrogen) atoms. The minimum atomic E-state index is 0.140. The number of carbonyl (C=O) groups excluding carboxylic acids is 1. The van der Waals surface area contributed by atoms with Crippen molar-refractivity contribution in [2.45, 2.75) is 38.1 Å². The average Bonchev–Trinajstić information content (AvgIpc) is 2.40. The molecular weight excluding hydrogens is 269 g/mol. The first-order valence-electron chi connectivity index (χ1n) is 6.38. The molecule has 0 amide bonds. The van der Waals surface area contributed by atoms with Gasteiger partial charge in [-0.2, -0.15) is 0 Å². The number of nitrogens with one attached hydrogen (secondary N) is 1. The van der Waals surface area contributed by atoms with Gasteiger partial charge in [-0.25, -0.2) is 0 Å². The van der Waals surface area contributed by atoms with Gasteiger partial charge in [-0.3, -0.25) is 4.79 Å². The number of piperidine rings is 1. The van der Waals surface area contributed by atoms with Crippen molar-refractivity contribution in [3.63, 3.8) is 0 Å². The number of Topliss-reactive ketones (excluding diaryl/α,β-unsaturated/α-hetero) is 1. The Bertz CT molecular complexity index is 428. The first-order valence-corrected chi connectivity index (χ1v) is 7.14. The van der Waals surface area contributed by atoms with E-state index in [0.29, 0.717) is 28.1 Å². The Hall–Kier alpha value is -0.570. The van der Waals surface area contributed by atoms with Crippen molar-refractivity contribution in [1.82, 2.24) is 5.32 Å². The molecule has 0 spiro atoms. The molecule has 1 atom stereocenters. The van der Waals surface area contributed by atoms with E-state index in [9.17, 15) is 4.79 Å². The monoisotopic (exact) mass is 285 g/mol. The Morgan fingerprint density at radius 2 is 2.11 bits per heavy atom. The zero-order valence-corrected chi connectivity index (χ0v) is 11.7. The average molecular weight is 286 g/mol. The highest BCUT2D eigenvalue weighted by atomic mass is 35.5. The number of ketones is 1. The van der Waals surface area contributed by atoms with Crippen LogP contribution < -0.4 is 5.32 Å². The summed E-state index contributed by atoms with van der Waals surface area (Å²) in [6.45, 7) is 1.08. The molecule has 1 unspecified atom stereocenters. The first kappa shape index (κ1) is 13.9. The quantitative estimate of drug-likeness (QED) is 0.844. The fraction of sp³-hybridized carbons (Fsp3) is 0.500. The topological polar surface area (TPSA) is 29.1 Å². The first-order chi connectivity index (χ1) is 8.66. The normalized spacial score (nSPS) is 19.8. The maximum absolute atomic E-state index is 12.0. The summed E-state index contributed by atoms with van der Waals surface area (Å²) in [5.41, 5.74) is 0.653. The van der Waals surface area contributed by atoms with Gasteiger partial charge in [0, 0.05) is 18.0 Å². The van der Waals surface area contributed by atoms with Crippen LogP contribution in [0.25, 0.3) is 0 Å². The summed E-state index contributed by atoms with van der Waals surface area (Å²) >= 11 is 11.7. The molecule has 2 rings (SSSR count). The zero-order chi connectivity index (χ0) is 13.0. The van der Waals surface area contributed by atoms with Gasteiger partial charge in [-0.15, -0.1) is 0 Å². The minimum Gasteiger partial charge on any atom is -0.314 e. The summed E-state index contributed by atoms with van der Waals surface area (Å²) in [5, 5.41) is 4.38. The maximum Gasteiger partial charge on any atom is 0.162 e. The molecule has 0 bridgehead atoms. The van der Waals surface area contributed by atoms with Crippen LogP contribution in [0.2, 0.25) is 10.0 Å². The summed E-state index contributed by atoms with van der Waals surface area (Å²) in [4.78, 5) is 12.0. The molecule has 1 heterocycles. The Morgan fingerprint density at radius 1 is 1.28 bits per heavy atom. The van der Waals surface area contributed by atoms with Crippen LogP contribution in [0.1, 0.15) is 42.5 Å². The summed E-state index contributed by atoms with van der Waals surface area (Å²) in [6.07, 6.45) is 5.15. The molecule has 0 saturated carbocycles. The van der Waals surface area contributed by atoms with Crippen molar-refractivity contribution >= 4 is 29.0 Å². The van der Waals surface area contributed by atoms with Gasteiger partial charge in [-0.05, 0) is 44.0 Å². The lowest BCUT2D eigenvalue weighted by molar-refractivity contribution is 0.0974.